The van der Waals surface area contributed by atoms with E-state index in [1.807, 2.05) is 67.6 Å². The summed E-state index contributed by atoms with van der Waals surface area (Å²) in [6.07, 6.45) is 0. The number of rotatable bonds is 8. The number of halogens is 1. The molecule has 4 aromatic carbocycles. The summed E-state index contributed by atoms with van der Waals surface area (Å²) in [6.45, 7) is 2.42. The van der Waals surface area contributed by atoms with Gasteiger partial charge in [-0.25, -0.2) is 4.79 Å². The number of nitrogens with one attached hydrogen (secondary N) is 2. The maximum atomic E-state index is 13.2. The van der Waals surface area contributed by atoms with Crippen LogP contribution in [-0.2, 0) is 0 Å². The van der Waals surface area contributed by atoms with E-state index in [1.165, 1.54) is 0 Å². The summed E-state index contributed by atoms with van der Waals surface area (Å²) in [5, 5.41) is 6.37. The predicted molar refractivity (Wildman–Crippen MR) is 144 cm³/mol. The lowest BCUT2D eigenvalue weighted by Crippen LogP contribution is -2.41. The first-order valence-electron chi connectivity index (χ1n) is 11.5. The van der Waals surface area contributed by atoms with E-state index >= 15 is 0 Å². The molecule has 0 fully saturated rings. The van der Waals surface area contributed by atoms with Crippen LogP contribution in [0.3, 0.4) is 0 Å². The van der Waals surface area contributed by atoms with Gasteiger partial charge in [-0.05, 0) is 79.2 Å². The summed E-state index contributed by atoms with van der Waals surface area (Å²) < 4.78 is 5.86. The fourth-order valence-corrected chi connectivity index (χ4v) is 3.72. The van der Waals surface area contributed by atoms with Crippen molar-refractivity contribution in [2.45, 2.75) is 6.92 Å². The molecule has 4 aromatic rings. The van der Waals surface area contributed by atoms with E-state index in [0.29, 0.717) is 27.7 Å². The van der Waals surface area contributed by atoms with E-state index in [2.05, 4.69) is 10.6 Å². The van der Waals surface area contributed by atoms with Crippen LogP contribution in [0.2, 0.25) is 5.02 Å². The van der Waals surface area contributed by atoms with Gasteiger partial charge in [-0.2, -0.15) is 0 Å². The zero-order valence-electron chi connectivity index (χ0n) is 19.8. The third-order valence-corrected chi connectivity index (χ3v) is 5.73. The van der Waals surface area contributed by atoms with Gasteiger partial charge < -0.3 is 15.4 Å². The van der Waals surface area contributed by atoms with E-state index in [-0.39, 0.29) is 25.0 Å². The number of hydrogen-bond acceptors (Lipinski definition) is 3. The Labute approximate surface area is 215 Å². The van der Waals surface area contributed by atoms with Gasteiger partial charge in [0.1, 0.15) is 11.5 Å². The maximum Gasteiger partial charge on any atom is 0.326 e. The van der Waals surface area contributed by atoms with Crippen molar-refractivity contribution in [1.82, 2.24) is 5.32 Å². The molecule has 0 saturated carbocycles. The molecule has 0 aliphatic heterocycles. The van der Waals surface area contributed by atoms with Crippen molar-refractivity contribution in [2.75, 3.05) is 23.3 Å². The first-order chi connectivity index (χ1) is 17.5. The average Bonchev–Trinajstić information content (AvgIpc) is 2.89. The van der Waals surface area contributed by atoms with Gasteiger partial charge in [-0.1, -0.05) is 48.0 Å². The monoisotopic (exact) mass is 499 g/mol. The lowest BCUT2D eigenvalue weighted by molar-refractivity contribution is 0.0954. The second-order valence-corrected chi connectivity index (χ2v) is 8.50. The average molecular weight is 500 g/mol. The van der Waals surface area contributed by atoms with Crippen LogP contribution in [0.15, 0.2) is 103 Å². The first-order valence-corrected chi connectivity index (χ1v) is 11.9. The van der Waals surface area contributed by atoms with Crippen LogP contribution in [0, 0.1) is 6.92 Å². The highest BCUT2D eigenvalue weighted by atomic mass is 35.5. The van der Waals surface area contributed by atoms with Crippen LogP contribution < -0.4 is 20.3 Å². The molecule has 6 nitrogen and oxygen atoms in total. The Hall–Kier alpha value is -4.29. The molecule has 0 unspecified atom stereocenters. The third kappa shape index (κ3) is 6.64. The number of para-hydroxylation sites is 1. The van der Waals surface area contributed by atoms with E-state index in [4.69, 9.17) is 16.3 Å². The van der Waals surface area contributed by atoms with Gasteiger partial charge in [0, 0.05) is 35.1 Å². The van der Waals surface area contributed by atoms with Crippen molar-refractivity contribution in [3.8, 4) is 11.5 Å². The van der Waals surface area contributed by atoms with Crippen LogP contribution in [-0.4, -0.2) is 25.0 Å². The number of hydrogen-bond donors (Lipinski definition) is 2. The van der Waals surface area contributed by atoms with Crippen molar-refractivity contribution >= 4 is 34.9 Å². The van der Waals surface area contributed by atoms with E-state index < -0.39 is 0 Å². The van der Waals surface area contributed by atoms with Crippen molar-refractivity contribution in [1.29, 1.82) is 0 Å². The lowest BCUT2D eigenvalue weighted by Gasteiger charge is -2.24. The van der Waals surface area contributed by atoms with Gasteiger partial charge in [0.2, 0.25) is 0 Å². The van der Waals surface area contributed by atoms with Crippen LogP contribution >= 0.6 is 11.6 Å². The molecule has 0 bridgehead atoms. The summed E-state index contributed by atoms with van der Waals surface area (Å²) in [4.78, 5) is 27.4. The van der Waals surface area contributed by atoms with Gasteiger partial charge >= 0.3 is 6.03 Å². The molecule has 0 aliphatic rings. The minimum Gasteiger partial charge on any atom is -0.457 e. The Morgan fingerprint density at radius 1 is 0.806 bits per heavy atom. The Balaban J connectivity index is 1.47. The Bertz CT molecular complexity index is 1310. The van der Waals surface area contributed by atoms with Crippen LogP contribution in [0.5, 0.6) is 11.5 Å². The molecular weight excluding hydrogens is 474 g/mol. The summed E-state index contributed by atoms with van der Waals surface area (Å²) in [5.41, 5.74) is 2.77. The van der Waals surface area contributed by atoms with E-state index in [1.54, 1.807) is 47.4 Å². The highest BCUT2D eigenvalue weighted by Crippen LogP contribution is 2.25. The van der Waals surface area contributed by atoms with Crippen molar-refractivity contribution < 1.29 is 14.3 Å². The molecule has 2 N–H and O–H groups in total. The molecule has 36 heavy (non-hydrogen) atoms. The topological polar surface area (TPSA) is 70.7 Å². The number of amides is 3. The fourth-order valence-electron chi connectivity index (χ4n) is 3.59. The molecule has 7 heteroatoms. The molecule has 0 atom stereocenters. The van der Waals surface area contributed by atoms with Gasteiger partial charge in [-0.3, -0.25) is 9.69 Å². The fraction of sp³-hybridized carbons (Fsp3) is 0.103. The number of ether oxygens (including phenoxy) is 1. The highest BCUT2D eigenvalue weighted by Gasteiger charge is 2.17. The largest absolute Gasteiger partial charge is 0.457 e. The number of carbonyl (C=O) groups excluding carboxylic acids is 2. The normalized spacial score (nSPS) is 10.4. The Kier molecular flexibility index (Phi) is 8.21. The quantitative estimate of drug-likeness (QED) is 0.277. The first kappa shape index (κ1) is 24.8. The number of nitrogens with zero attached hydrogens (tertiary/aromatic N) is 1. The zero-order chi connectivity index (χ0) is 25.3. The number of carbonyl (C=O) groups is 2. The SMILES string of the molecule is Cc1ccccc1C(=O)NCCN(C(=O)Nc1ccc(Cl)cc1)c1ccc(Oc2ccccc2)cc1. The van der Waals surface area contributed by atoms with Gasteiger partial charge in [0.05, 0.1) is 0 Å². The number of aryl methyl sites for hydroxylation is 1. The van der Waals surface area contributed by atoms with Crippen molar-refractivity contribution in [3.63, 3.8) is 0 Å². The Morgan fingerprint density at radius 3 is 2.14 bits per heavy atom. The molecule has 0 aliphatic carbocycles. The molecule has 0 aromatic heterocycles. The summed E-state index contributed by atoms with van der Waals surface area (Å²) in [7, 11) is 0. The predicted octanol–water partition coefficient (Wildman–Crippen LogP) is 6.91. The van der Waals surface area contributed by atoms with Crippen molar-refractivity contribution in [2.24, 2.45) is 0 Å². The van der Waals surface area contributed by atoms with Gasteiger partial charge in [0.15, 0.2) is 0 Å². The molecular formula is C29H26ClN3O3. The lowest BCUT2D eigenvalue weighted by atomic mass is 10.1. The zero-order valence-corrected chi connectivity index (χ0v) is 20.5. The highest BCUT2D eigenvalue weighted by molar-refractivity contribution is 6.30. The van der Waals surface area contributed by atoms with Gasteiger partial charge in [-0.15, -0.1) is 0 Å². The number of anilines is 2. The van der Waals surface area contributed by atoms with Crippen LogP contribution in [0.4, 0.5) is 16.2 Å². The smallest absolute Gasteiger partial charge is 0.326 e. The molecule has 4 rings (SSSR count). The third-order valence-electron chi connectivity index (χ3n) is 5.48. The van der Waals surface area contributed by atoms with E-state index in [9.17, 15) is 9.59 Å². The summed E-state index contributed by atoms with van der Waals surface area (Å²) in [5.74, 6) is 1.19. The van der Waals surface area contributed by atoms with Crippen molar-refractivity contribution in [3.05, 3.63) is 119 Å². The molecule has 0 heterocycles. The molecule has 182 valence electrons. The molecule has 3 amide bonds. The van der Waals surface area contributed by atoms with Crippen LogP contribution in [0.1, 0.15) is 15.9 Å². The summed E-state index contributed by atoms with van der Waals surface area (Å²) in [6, 6.07) is 30.6. The molecule has 0 radical (unpaired) electrons. The summed E-state index contributed by atoms with van der Waals surface area (Å²) >= 11 is 5.96. The standard InChI is InChI=1S/C29H26ClN3O3/c1-21-7-5-6-10-27(21)28(34)31-19-20-33(29(35)32-23-13-11-22(30)12-14-23)24-15-17-26(18-16-24)36-25-8-3-2-4-9-25/h2-18H,19-20H2,1H3,(H,31,34)(H,32,35). The second kappa shape index (κ2) is 11.9. The minimum atomic E-state index is -0.334. The maximum absolute atomic E-state index is 13.2. The molecule has 0 spiro atoms. The number of benzene rings is 4. The Morgan fingerprint density at radius 2 is 1.44 bits per heavy atom. The second-order valence-electron chi connectivity index (χ2n) is 8.07. The van der Waals surface area contributed by atoms with Gasteiger partial charge in [0.25, 0.3) is 5.91 Å². The minimum absolute atomic E-state index is 0.183. The molecule has 0 saturated heterocycles. The van der Waals surface area contributed by atoms with E-state index in [0.717, 1.165) is 11.3 Å². The van der Waals surface area contributed by atoms with Crippen LogP contribution in [0.25, 0.3) is 0 Å². The number of urea groups is 1.